The van der Waals surface area contributed by atoms with Gasteiger partial charge in [-0.2, -0.15) is 0 Å². The Balaban J connectivity index is 2.20. The molecule has 0 heterocycles. The first-order chi connectivity index (χ1) is 6.98. The van der Waals surface area contributed by atoms with E-state index in [0.29, 0.717) is 18.4 Å². The Hall–Kier alpha value is -0.480. The zero-order chi connectivity index (χ0) is 10.8. The number of aliphatic hydroxyl groups is 1. The minimum atomic E-state index is -2.95. The standard InChI is InChI=1S/C11H9BrF2O/c12-7-3-1-6-2-4-9-10(15,8(6)5-7)11(9,13)14/h1,3,5,9,15H,2,4H2. The van der Waals surface area contributed by atoms with Gasteiger partial charge in [-0.1, -0.05) is 22.0 Å². The van der Waals surface area contributed by atoms with E-state index < -0.39 is 17.4 Å². The molecule has 0 spiro atoms. The highest BCUT2D eigenvalue weighted by Crippen LogP contribution is 2.69. The third-order valence-corrected chi connectivity index (χ3v) is 4.04. The molecule has 1 nitrogen and oxygen atoms in total. The predicted molar refractivity (Wildman–Crippen MR) is 54.8 cm³/mol. The molecular weight excluding hydrogens is 266 g/mol. The zero-order valence-electron chi connectivity index (χ0n) is 7.80. The van der Waals surface area contributed by atoms with Gasteiger partial charge in [-0.25, -0.2) is 8.78 Å². The quantitative estimate of drug-likeness (QED) is 0.772. The normalized spacial score (nSPS) is 35.6. The second-order valence-electron chi connectivity index (χ2n) is 4.28. The van der Waals surface area contributed by atoms with Gasteiger partial charge in [0.15, 0.2) is 5.60 Å². The Morgan fingerprint density at radius 2 is 2.13 bits per heavy atom. The highest BCUT2D eigenvalue weighted by atomic mass is 79.9. The molecule has 0 bridgehead atoms. The van der Waals surface area contributed by atoms with Crippen molar-refractivity contribution in [3.05, 3.63) is 33.8 Å². The van der Waals surface area contributed by atoms with Gasteiger partial charge >= 0.3 is 0 Å². The van der Waals surface area contributed by atoms with Crippen LogP contribution in [0.3, 0.4) is 0 Å². The molecule has 3 rings (SSSR count). The van der Waals surface area contributed by atoms with Gasteiger partial charge < -0.3 is 5.11 Å². The van der Waals surface area contributed by atoms with Gasteiger partial charge in [-0.3, -0.25) is 0 Å². The average Bonchev–Trinajstić information content (AvgIpc) is 2.63. The van der Waals surface area contributed by atoms with E-state index in [1.807, 2.05) is 12.1 Å². The molecule has 0 amide bonds. The fraction of sp³-hybridized carbons (Fsp3) is 0.455. The molecule has 0 aliphatic heterocycles. The second kappa shape index (κ2) is 2.61. The molecule has 80 valence electrons. The molecule has 4 heteroatoms. The maximum Gasteiger partial charge on any atom is 0.286 e. The van der Waals surface area contributed by atoms with Crippen LogP contribution in [-0.2, 0) is 12.0 Å². The maximum atomic E-state index is 13.4. The Morgan fingerprint density at radius 1 is 1.40 bits per heavy atom. The van der Waals surface area contributed by atoms with Crippen LogP contribution < -0.4 is 0 Å². The largest absolute Gasteiger partial charge is 0.378 e. The van der Waals surface area contributed by atoms with Gasteiger partial charge in [0.2, 0.25) is 0 Å². The first-order valence-corrected chi connectivity index (χ1v) is 5.66. The number of fused-ring (bicyclic) bond motifs is 3. The molecule has 15 heavy (non-hydrogen) atoms. The van der Waals surface area contributed by atoms with Crippen molar-refractivity contribution in [1.82, 2.24) is 0 Å². The van der Waals surface area contributed by atoms with E-state index in [1.54, 1.807) is 6.07 Å². The summed E-state index contributed by atoms with van der Waals surface area (Å²) in [6.45, 7) is 0. The van der Waals surface area contributed by atoms with Gasteiger partial charge in [0.1, 0.15) is 0 Å². The van der Waals surface area contributed by atoms with E-state index >= 15 is 0 Å². The molecule has 1 aromatic carbocycles. The summed E-state index contributed by atoms with van der Waals surface area (Å²) in [5.41, 5.74) is -0.656. The molecule has 2 atom stereocenters. The highest BCUT2D eigenvalue weighted by molar-refractivity contribution is 9.10. The van der Waals surface area contributed by atoms with Crippen LogP contribution in [0.15, 0.2) is 22.7 Å². The zero-order valence-corrected chi connectivity index (χ0v) is 9.39. The van der Waals surface area contributed by atoms with Crippen molar-refractivity contribution < 1.29 is 13.9 Å². The Morgan fingerprint density at radius 3 is 2.87 bits per heavy atom. The Labute approximate surface area is 94.2 Å². The number of hydrogen-bond acceptors (Lipinski definition) is 1. The van der Waals surface area contributed by atoms with Crippen molar-refractivity contribution in [2.45, 2.75) is 24.4 Å². The van der Waals surface area contributed by atoms with E-state index in [1.165, 1.54) is 0 Å². The van der Waals surface area contributed by atoms with Crippen LogP contribution in [0, 0.1) is 5.92 Å². The monoisotopic (exact) mass is 274 g/mol. The summed E-state index contributed by atoms with van der Waals surface area (Å²) in [5, 5.41) is 9.98. The lowest BCUT2D eigenvalue weighted by Crippen LogP contribution is -2.20. The van der Waals surface area contributed by atoms with E-state index in [2.05, 4.69) is 15.9 Å². The highest BCUT2D eigenvalue weighted by Gasteiger charge is 2.82. The van der Waals surface area contributed by atoms with Crippen molar-refractivity contribution in [3.8, 4) is 0 Å². The van der Waals surface area contributed by atoms with Crippen molar-refractivity contribution in [1.29, 1.82) is 0 Å². The Bertz CT molecular complexity index is 446. The first kappa shape index (κ1) is 9.73. The summed E-state index contributed by atoms with van der Waals surface area (Å²) in [7, 11) is 0. The van der Waals surface area contributed by atoms with E-state index in [-0.39, 0.29) is 0 Å². The van der Waals surface area contributed by atoms with Gasteiger partial charge in [0.25, 0.3) is 5.92 Å². The van der Waals surface area contributed by atoms with Crippen LogP contribution in [0.25, 0.3) is 0 Å². The molecule has 1 fully saturated rings. The van der Waals surface area contributed by atoms with Crippen molar-refractivity contribution in [2.75, 3.05) is 0 Å². The van der Waals surface area contributed by atoms with Gasteiger partial charge in [-0.15, -0.1) is 0 Å². The molecule has 0 aromatic heterocycles. The fourth-order valence-electron chi connectivity index (χ4n) is 2.64. The fourth-order valence-corrected chi connectivity index (χ4v) is 3.00. The number of rotatable bonds is 0. The molecule has 0 radical (unpaired) electrons. The average molecular weight is 275 g/mol. The molecule has 2 aliphatic rings. The molecule has 2 unspecified atom stereocenters. The third-order valence-electron chi connectivity index (χ3n) is 3.55. The molecular formula is C11H9BrF2O. The number of benzene rings is 1. The molecule has 0 saturated heterocycles. The summed E-state index contributed by atoms with van der Waals surface area (Å²) in [6.07, 6.45) is 1.00. The molecule has 1 saturated carbocycles. The van der Waals surface area contributed by atoms with Gasteiger partial charge in [0, 0.05) is 4.47 Å². The van der Waals surface area contributed by atoms with Gasteiger partial charge in [0.05, 0.1) is 5.92 Å². The van der Waals surface area contributed by atoms with Crippen LogP contribution in [-0.4, -0.2) is 11.0 Å². The predicted octanol–water partition coefficient (Wildman–Crippen LogP) is 2.85. The minimum Gasteiger partial charge on any atom is -0.378 e. The second-order valence-corrected chi connectivity index (χ2v) is 5.20. The third kappa shape index (κ3) is 0.992. The number of alkyl halides is 2. The number of halogens is 3. The van der Waals surface area contributed by atoms with Crippen LogP contribution >= 0.6 is 15.9 Å². The summed E-state index contributed by atoms with van der Waals surface area (Å²) >= 11 is 3.24. The molecule has 1 aromatic rings. The number of hydrogen-bond donors (Lipinski definition) is 1. The van der Waals surface area contributed by atoms with E-state index in [4.69, 9.17) is 0 Å². The molecule has 2 aliphatic carbocycles. The summed E-state index contributed by atoms with van der Waals surface area (Å²) < 4.78 is 27.6. The van der Waals surface area contributed by atoms with Crippen LogP contribution in [0.2, 0.25) is 0 Å². The number of aryl methyl sites for hydroxylation is 1. The SMILES string of the molecule is OC12c3cc(Br)ccc3CCC1C2(F)F. The lowest BCUT2D eigenvalue weighted by Gasteiger charge is -2.19. The maximum absolute atomic E-state index is 13.4. The minimum absolute atomic E-state index is 0.373. The van der Waals surface area contributed by atoms with Gasteiger partial charge in [-0.05, 0) is 36.1 Å². The van der Waals surface area contributed by atoms with Crippen LogP contribution in [0.5, 0.6) is 0 Å². The van der Waals surface area contributed by atoms with Crippen LogP contribution in [0.4, 0.5) is 8.78 Å². The molecule has 1 N–H and O–H groups in total. The van der Waals surface area contributed by atoms with E-state index in [9.17, 15) is 13.9 Å². The summed E-state index contributed by atoms with van der Waals surface area (Å²) in [4.78, 5) is 0. The smallest absolute Gasteiger partial charge is 0.286 e. The summed E-state index contributed by atoms with van der Waals surface area (Å²) in [5.74, 6) is -3.83. The van der Waals surface area contributed by atoms with Crippen molar-refractivity contribution in [3.63, 3.8) is 0 Å². The van der Waals surface area contributed by atoms with Crippen molar-refractivity contribution >= 4 is 15.9 Å². The van der Waals surface area contributed by atoms with Crippen molar-refractivity contribution in [2.24, 2.45) is 5.92 Å². The summed E-state index contributed by atoms with van der Waals surface area (Å²) in [6, 6.07) is 5.24. The van der Waals surface area contributed by atoms with E-state index in [0.717, 1.165) is 10.0 Å². The lowest BCUT2D eigenvalue weighted by atomic mass is 9.89. The van der Waals surface area contributed by atoms with Crippen LogP contribution in [0.1, 0.15) is 17.5 Å². The Kier molecular flexibility index (Phi) is 1.69. The first-order valence-electron chi connectivity index (χ1n) is 4.87. The lowest BCUT2D eigenvalue weighted by molar-refractivity contribution is -0.00763. The topological polar surface area (TPSA) is 20.2 Å².